The maximum absolute atomic E-state index is 12.6. The summed E-state index contributed by atoms with van der Waals surface area (Å²) < 4.78 is 11.1. The van der Waals surface area contributed by atoms with Gasteiger partial charge < -0.3 is 14.5 Å². The highest BCUT2D eigenvalue weighted by molar-refractivity contribution is 6.15. The zero-order valence-corrected chi connectivity index (χ0v) is 13.8. The molecule has 0 atom stereocenters. The van der Waals surface area contributed by atoms with Crippen LogP contribution in [0.5, 0.6) is 11.5 Å². The predicted molar refractivity (Wildman–Crippen MR) is 96.0 cm³/mol. The molecule has 5 nitrogen and oxygen atoms in total. The van der Waals surface area contributed by atoms with Gasteiger partial charge in [0.05, 0.1) is 11.5 Å². The Bertz CT molecular complexity index is 1090. The van der Waals surface area contributed by atoms with Gasteiger partial charge in [0.2, 0.25) is 5.78 Å². The van der Waals surface area contributed by atoms with E-state index >= 15 is 0 Å². The van der Waals surface area contributed by atoms with Crippen molar-refractivity contribution in [3.8, 4) is 11.5 Å². The Kier molecular flexibility index (Phi) is 3.22. The van der Waals surface area contributed by atoms with E-state index in [4.69, 9.17) is 9.47 Å². The minimum absolute atomic E-state index is 0.0168. The van der Waals surface area contributed by atoms with Gasteiger partial charge in [-0.3, -0.25) is 9.59 Å². The van der Waals surface area contributed by atoms with E-state index in [0.29, 0.717) is 17.1 Å². The molecule has 1 aromatic heterocycles. The Morgan fingerprint density at radius 1 is 1.19 bits per heavy atom. The number of ether oxygens (including phenoxy) is 2. The van der Waals surface area contributed by atoms with Gasteiger partial charge in [-0.05, 0) is 37.1 Å². The number of allylic oxidation sites excluding steroid dienone is 1. The monoisotopic (exact) mass is 345 g/mol. The van der Waals surface area contributed by atoms with E-state index in [2.05, 4.69) is 4.98 Å². The Labute approximate surface area is 149 Å². The van der Waals surface area contributed by atoms with Gasteiger partial charge in [-0.15, -0.1) is 0 Å². The smallest absolute Gasteiger partial charge is 0.314 e. The van der Waals surface area contributed by atoms with Gasteiger partial charge in [0, 0.05) is 28.7 Å². The van der Waals surface area contributed by atoms with Crippen LogP contribution in [0.25, 0.3) is 17.0 Å². The normalized spacial score (nSPS) is 17.4. The minimum Gasteiger partial charge on any atom is -0.452 e. The number of Topliss-reactive ketones (excluding diaryl/α,β-unsaturated/α-hetero) is 1. The topological polar surface area (TPSA) is 68.4 Å². The first-order chi connectivity index (χ1) is 12.7. The largest absolute Gasteiger partial charge is 0.452 e. The van der Waals surface area contributed by atoms with Crippen LogP contribution in [0, 0.1) is 5.92 Å². The number of H-pyrrole nitrogens is 1. The number of hydrogen-bond donors (Lipinski definition) is 1. The fraction of sp³-hybridized carbons (Fsp3) is 0.143. The number of aromatic amines is 1. The summed E-state index contributed by atoms with van der Waals surface area (Å²) in [6, 6.07) is 12.7. The standard InChI is InChI=1S/C21H15NO4/c23-20-16-8-7-14(25-21(24)12-5-6-12)10-18(16)26-19(20)9-13-11-22-17-4-2-1-3-15(13)17/h1-4,7-12,22H,5-6H2/b19-9-. The highest BCUT2D eigenvalue weighted by Gasteiger charge is 2.33. The molecule has 3 aromatic rings. The van der Waals surface area contributed by atoms with E-state index < -0.39 is 0 Å². The molecule has 128 valence electrons. The molecule has 0 bridgehead atoms. The Morgan fingerprint density at radius 2 is 2.04 bits per heavy atom. The fourth-order valence-corrected chi connectivity index (χ4v) is 3.10. The van der Waals surface area contributed by atoms with Crippen LogP contribution in [0.4, 0.5) is 0 Å². The third kappa shape index (κ3) is 2.49. The summed E-state index contributed by atoms with van der Waals surface area (Å²) in [6.45, 7) is 0. The quantitative estimate of drug-likeness (QED) is 0.441. The van der Waals surface area contributed by atoms with Crippen molar-refractivity contribution < 1.29 is 19.1 Å². The second-order valence-electron chi connectivity index (χ2n) is 6.58. The maximum Gasteiger partial charge on any atom is 0.314 e. The van der Waals surface area contributed by atoms with E-state index in [9.17, 15) is 9.59 Å². The lowest BCUT2D eigenvalue weighted by Crippen LogP contribution is -2.09. The summed E-state index contributed by atoms with van der Waals surface area (Å²) in [7, 11) is 0. The third-order valence-electron chi connectivity index (χ3n) is 4.68. The first-order valence-corrected chi connectivity index (χ1v) is 8.55. The van der Waals surface area contributed by atoms with E-state index in [0.717, 1.165) is 29.3 Å². The van der Waals surface area contributed by atoms with Crippen LogP contribution in [0.15, 0.2) is 54.4 Å². The van der Waals surface area contributed by atoms with E-state index in [1.165, 1.54) is 0 Å². The van der Waals surface area contributed by atoms with Gasteiger partial charge in [0.1, 0.15) is 11.5 Å². The molecule has 2 aromatic carbocycles. The van der Waals surface area contributed by atoms with Crippen molar-refractivity contribution in [1.29, 1.82) is 0 Å². The SMILES string of the molecule is O=C1/C(=C/c2c[nH]c3ccccc23)Oc2cc(OC(=O)C3CC3)ccc21. The van der Waals surface area contributed by atoms with Crippen molar-refractivity contribution in [2.45, 2.75) is 12.8 Å². The molecule has 2 aliphatic rings. The van der Waals surface area contributed by atoms with Crippen LogP contribution < -0.4 is 9.47 Å². The number of rotatable bonds is 3. The van der Waals surface area contributed by atoms with Crippen LogP contribution >= 0.6 is 0 Å². The average molecular weight is 345 g/mol. The van der Waals surface area contributed by atoms with Gasteiger partial charge in [0.15, 0.2) is 5.76 Å². The molecule has 26 heavy (non-hydrogen) atoms. The van der Waals surface area contributed by atoms with Crippen LogP contribution in [0.1, 0.15) is 28.8 Å². The molecule has 1 N–H and O–H groups in total. The van der Waals surface area contributed by atoms with Crippen molar-refractivity contribution in [1.82, 2.24) is 4.98 Å². The molecule has 0 amide bonds. The number of ketones is 1. The summed E-state index contributed by atoms with van der Waals surface area (Å²) in [6.07, 6.45) is 5.35. The molecule has 0 spiro atoms. The van der Waals surface area contributed by atoms with Crippen molar-refractivity contribution in [3.05, 3.63) is 65.5 Å². The Morgan fingerprint density at radius 3 is 2.88 bits per heavy atom. The van der Waals surface area contributed by atoms with Gasteiger partial charge in [-0.25, -0.2) is 0 Å². The molecule has 0 radical (unpaired) electrons. The van der Waals surface area contributed by atoms with Crippen molar-refractivity contribution in [2.24, 2.45) is 5.92 Å². The predicted octanol–water partition coefficient (Wildman–Crippen LogP) is 4.10. The molecule has 5 rings (SSSR count). The number of carbonyl (C=O) groups excluding carboxylic acids is 2. The number of benzene rings is 2. The molecule has 1 fully saturated rings. The molecule has 1 aliphatic heterocycles. The number of carbonyl (C=O) groups is 2. The van der Waals surface area contributed by atoms with Crippen molar-refractivity contribution in [2.75, 3.05) is 0 Å². The summed E-state index contributed by atoms with van der Waals surface area (Å²) in [5.74, 6) is 0.705. The first kappa shape index (κ1) is 15.0. The van der Waals surface area contributed by atoms with E-state index in [-0.39, 0.29) is 23.4 Å². The molecular formula is C21H15NO4. The number of nitrogens with one attached hydrogen (secondary N) is 1. The minimum atomic E-state index is -0.219. The average Bonchev–Trinajstić information content (AvgIpc) is 3.37. The number of esters is 1. The molecule has 5 heteroatoms. The number of fused-ring (bicyclic) bond motifs is 2. The number of aromatic nitrogens is 1. The van der Waals surface area contributed by atoms with Gasteiger partial charge >= 0.3 is 5.97 Å². The molecule has 2 heterocycles. The van der Waals surface area contributed by atoms with Gasteiger partial charge in [0.25, 0.3) is 0 Å². The molecule has 1 aliphatic carbocycles. The summed E-state index contributed by atoms with van der Waals surface area (Å²) >= 11 is 0. The van der Waals surface area contributed by atoms with E-state index in [1.807, 2.05) is 30.5 Å². The number of hydrogen-bond acceptors (Lipinski definition) is 4. The van der Waals surface area contributed by atoms with Gasteiger partial charge in [-0.1, -0.05) is 18.2 Å². The van der Waals surface area contributed by atoms with Crippen LogP contribution in [-0.2, 0) is 4.79 Å². The zero-order valence-electron chi connectivity index (χ0n) is 13.8. The first-order valence-electron chi connectivity index (χ1n) is 8.55. The lowest BCUT2D eigenvalue weighted by Gasteiger charge is -2.04. The summed E-state index contributed by atoms with van der Waals surface area (Å²) in [5.41, 5.74) is 2.36. The second kappa shape index (κ2) is 5.59. The van der Waals surface area contributed by atoms with Gasteiger partial charge in [-0.2, -0.15) is 0 Å². The Balaban J connectivity index is 1.45. The van der Waals surface area contributed by atoms with Crippen LogP contribution in [0.3, 0.4) is 0 Å². The molecular weight excluding hydrogens is 330 g/mol. The summed E-state index contributed by atoms with van der Waals surface area (Å²) in [5, 5.41) is 1.02. The highest BCUT2D eigenvalue weighted by atomic mass is 16.5. The van der Waals surface area contributed by atoms with Crippen LogP contribution in [0.2, 0.25) is 0 Å². The lowest BCUT2D eigenvalue weighted by molar-refractivity contribution is -0.135. The summed E-state index contributed by atoms with van der Waals surface area (Å²) in [4.78, 5) is 27.6. The Hall–Kier alpha value is -3.34. The van der Waals surface area contributed by atoms with Crippen LogP contribution in [-0.4, -0.2) is 16.7 Å². The van der Waals surface area contributed by atoms with Crippen molar-refractivity contribution >= 4 is 28.7 Å². The fourth-order valence-electron chi connectivity index (χ4n) is 3.10. The lowest BCUT2D eigenvalue weighted by atomic mass is 10.1. The molecule has 0 unspecified atom stereocenters. The highest BCUT2D eigenvalue weighted by Crippen LogP contribution is 2.37. The molecule has 1 saturated carbocycles. The zero-order chi connectivity index (χ0) is 17.7. The molecule has 0 saturated heterocycles. The maximum atomic E-state index is 12.6. The third-order valence-corrected chi connectivity index (χ3v) is 4.68. The second-order valence-corrected chi connectivity index (χ2v) is 6.58. The van der Waals surface area contributed by atoms with E-state index in [1.54, 1.807) is 24.3 Å². The van der Waals surface area contributed by atoms with Crippen molar-refractivity contribution in [3.63, 3.8) is 0 Å². The number of para-hydroxylation sites is 1.